The molecule has 1 aliphatic rings. The number of unbranched alkanes of at least 4 members (excludes halogenated alkanes) is 16. The predicted molar refractivity (Wildman–Crippen MR) is 262 cm³/mol. The summed E-state index contributed by atoms with van der Waals surface area (Å²) >= 11 is 0. The molecule has 9 nitrogen and oxygen atoms in total. The van der Waals surface area contributed by atoms with Gasteiger partial charge in [-0.25, -0.2) is 0 Å². The Morgan fingerprint density at radius 3 is 1.46 bits per heavy atom. The van der Waals surface area contributed by atoms with Crippen molar-refractivity contribution in [2.75, 3.05) is 13.2 Å². The fourth-order valence-electron chi connectivity index (χ4n) is 7.19. The van der Waals surface area contributed by atoms with Gasteiger partial charge in [0.2, 0.25) is 5.91 Å². The molecule has 0 bridgehead atoms. The van der Waals surface area contributed by atoms with E-state index in [1.165, 1.54) is 57.8 Å². The smallest absolute Gasteiger partial charge is 0.220 e. The highest BCUT2D eigenvalue weighted by molar-refractivity contribution is 5.76. The first-order valence-electron chi connectivity index (χ1n) is 25.0. The fourth-order valence-corrected chi connectivity index (χ4v) is 7.19. The van der Waals surface area contributed by atoms with Gasteiger partial charge in [-0.05, 0) is 77.0 Å². The fraction of sp³-hybridized carbons (Fsp3) is 0.685. The van der Waals surface area contributed by atoms with Crippen molar-refractivity contribution in [2.24, 2.45) is 0 Å². The van der Waals surface area contributed by atoms with Gasteiger partial charge in [-0.1, -0.05) is 195 Å². The van der Waals surface area contributed by atoms with E-state index in [2.05, 4.69) is 104 Å². The molecule has 7 unspecified atom stereocenters. The number of hydrogen-bond donors (Lipinski definition) is 6. The summed E-state index contributed by atoms with van der Waals surface area (Å²) in [5.74, 6) is -0.201. The van der Waals surface area contributed by atoms with Crippen molar-refractivity contribution in [2.45, 2.75) is 224 Å². The van der Waals surface area contributed by atoms with E-state index in [0.717, 1.165) is 103 Å². The summed E-state index contributed by atoms with van der Waals surface area (Å²) in [7, 11) is 0. The second kappa shape index (κ2) is 43.0. The topological polar surface area (TPSA) is 149 Å². The summed E-state index contributed by atoms with van der Waals surface area (Å²) < 4.78 is 11.2. The maximum Gasteiger partial charge on any atom is 0.220 e. The third-order valence-corrected chi connectivity index (χ3v) is 11.2. The molecule has 1 fully saturated rings. The minimum absolute atomic E-state index is 0.201. The first-order valence-corrected chi connectivity index (χ1v) is 25.0. The van der Waals surface area contributed by atoms with Crippen LogP contribution < -0.4 is 5.32 Å². The highest BCUT2D eigenvalue weighted by atomic mass is 16.7. The van der Waals surface area contributed by atoms with Gasteiger partial charge < -0.3 is 40.3 Å². The maximum absolute atomic E-state index is 13.0. The molecule has 0 aromatic heterocycles. The summed E-state index contributed by atoms with van der Waals surface area (Å²) in [6.07, 6.45) is 54.5. The van der Waals surface area contributed by atoms with E-state index < -0.39 is 49.5 Å². The number of aliphatic hydroxyl groups is 5. The number of carbonyl (C=O) groups excluding carboxylic acids is 1. The normalized spacial score (nSPS) is 21.0. The number of allylic oxidation sites excluding steroid dienone is 15. The van der Waals surface area contributed by atoms with Crippen molar-refractivity contribution < 1.29 is 39.8 Å². The number of nitrogens with one attached hydrogen (secondary N) is 1. The minimum Gasteiger partial charge on any atom is -0.394 e. The minimum atomic E-state index is -1.58. The van der Waals surface area contributed by atoms with Gasteiger partial charge in [0.15, 0.2) is 6.29 Å². The molecule has 6 N–H and O–H groups in total. The maximum atomic E-state index is 13.0. The van der Waals surface area contributed by atoms with Crippen LogP contribution >= 0.6 is 0 Å². The van der Waals surface area contributed by atoms with Crippen molar-refractivity contribution in [3.8, 4) is 0 Å². The van der Waals surface area contributed by atoms with Crippen LogP contribution in [0.2, 0.25) is 0 Å². The molecule has 7 atom stereocenters. The third kappa shape index (κ3) is 33.3. The molecule has 63 heavy (non-hydrogen) atoms. The van der Waals surface area contributed by atoms with Gasteiger partial charge in [0.05, 0.1) is 25.4 Å². The van der Waals surface area contributed by atoms with Gasteiger partial charge in [-0.2, -0.15) is 0 Å². The van der Waals surface area contributed by atoms with Gasteiger partial charge in [0.25, 0.3) is 0 Å². The second-order valence-corrected chi connectivity index (χ2v) is 16.9. The van der Waals surface area contributed by atoms with Crippen LogP contribution in [0.25, 0.3) is 0 Å². The zero-order valence-corrected chi connectivity index (χ0v) is 39.5. The average molecular weight is 882 g/mol. The lowest BCUT2D eigenvalue weighted by molar-refractivity contribution is -0.302. The van der Waals surface area contributed by atoms with E-state index >= 15 is 0 Å². The zero-order chi connectivity index (χ0) is 45.9. The first-order chi connectivity index (χ1) is 30.8. The van der Waals surface area contributed by atoms with Gasteiger partial charge in [0.1, 0.15) is 24.4 Å². The number of hydrogen-bond acceptors (Lipinski definition) is 8. The van der Waals surface area contributed by atoms with Crippen LogP contribution in [0.15, 0.2) is 97.2 Å². The molecule has 1 rings (SSSR count). The molecule has 1 heterocycles. The Bertz CT molecular complexity index is 1300. The van der Waals surface area contributed by atoms with Crippen LogP contribution in [-0.4, -0.2) is 87.5 Å². The standard InChI is InChI=1S/C54H91NO8/c1-3-5-7-9-11-13-15-17-18-19-20-21-22-23-24-25-26-27-28-29-30-32-34-36-38-40-42-44-50(58)55-47(46-62-54-53(61)52(60)51(59)49(45-56)63-54)48(57)43-41-39-37-35-33-31-16-14-12-10-8-6-4-2/h5,7,11,13,17-18,20-21,23-24,26-27,29-30,41,43,47-49,51-54,56-57,59-61H,3-4,6,8-10,12,14-16,19,22,25,28,31-40,42,44-46H2,1-2H3,(H,55,58)/b7-5-,13-11-,18-17-,21-20-,24-23-,27-26-,30-29-,43-41+. The highest BCUT2D eigenvalue weighted by Crippen LogP contribution is 2.22. The molecular weight excluding hydrogens is 791 g/mol. The number of carbonyl (C=O) groups is 1. The molecule has 0 aromatic rings. The van der Waals surface area contributed by atoms with Crippen LogP contribution in [0, 0.1) is 0 Å². The molecule has 0 saturated carbocycles. The lowest BCUT2D eigenvalue weighted by Crippen LogP contribution is -2.60. The van der Waals surface area contributed by atoms with Crippen molar-refractivity contribution >= 4 is 5.91 Å². The molecule has 0 spiro atoms. The molecule has 0 aliphatic carbocycles. The lowest BCUT2D eigenvalue weighted by atomic mass is 9.99. The molecule has 0 aromatic carbocycles. The van der Waals surface area contributed by atoms with Crippen molar-refractivity contribution in [1.82, 2.24) is 5.32 Å². The number of ether oxygens (including phenoxy) is 2. The van der Waals surface area contributed by atoms with Crippen molar-refractivity contribution in [1.29, 1.82) is 0 Å². The third-order valence-electron chi connectivity index (χ3n) is 11.2. The summed E-state index contributed by atoms with van der Waals surface area (Å²) in [4.78, 5) is 13.0. The van der Waals surface area contributed by atoms with Crippen LogP contribution in [0.4, 0.5) is 0 Å². The van der Waals surface area contributed by atoms with Gasteiger partial charge in [-0.15, -0.1) is 0 Å². The van der Waals surface area contributed by atoms with E-state index in [0.29, 0.717) is 6.42 Å². The van der Waals surface area contributed by atoms with Gasteiger partial charge >= 0.3 is 0 Å². The summed E-state index contributed by atoms with van der Waals surface area (Å²) in [6, 6.07) is -0.821. The van der Waals surface area contributed by atoms with E-state index in [1.807, 2.05) is 6.08 Å². The summed E-state index contributed by atoms with van der Waals surface area (Å²) in [6.45, 7) is 3.62. The van der Waals surface area contributed by atoms with Crippen LogP contribution in [0.3, 0.4) is 0 Å². The SMILES string of the molecule is CC/C=C\C/C=C\C/C=C\C/C=C\C/C=C\C/C=C\C/C=C\CCCCCCCC(=O)NC(COC1OC(CO)C(O)C(O)C1O)C(O)/C=C/CCCCCCCCCCCCC. The monoisotopic (exact) mass is 882 g/mol. The number of rotatable bonds is 40. The van der Waals surface area contributed by atoms with Crippen LogP contribution in [0.1, 0.15) is 181 Å². The van der Waals surface area contributed by atoms with E-state index in [9.17, 15) is 30.3 Å². The zero-order valence-electron chi connectivity index (χ0n) is 39.5. The van der Waals surface area contributed by atoms with E-state index in [-0.39, 0.29) is 12.5 Å². The Kier molecular flexibility index (Phi) is 39.7. The van der Waals surface area contributed by atoms with Crippen LogP contribution in [-0.2, 0) is 14.3 Å². The lowest BCUT2D eigenvalue weighted by Gasteiger charge is -2.40. The van der Waals surface area contributed by atoms with Gasteiger partial charge in [-0.3, -0.25) is 4.79 Å². The molecular formula is C54H91NO8. The van der Waals surface area contributed by atoms with E-state index in [4.69, 9.17) is 9.47 Å². The molecule has 360 valence electrons. The quantitative estimate of drug-likeness (QED) is 0.0263. The largest absolute Gasteiger partial charge is 0.394 e. The number of aliphatic hydroxyl groups excluding tert-OH is 5. The molecule has 1 saturated heterocycles. The first kappa shape index (κ1) is 58.1. The summed E-state index contributed by atoms with van der Waals surface area (Å²) in [5, 5.41) is 54.2. The van der Waals surface area contributed by atoms with Crippen molar-refractivity contribution in [3.05, 3.63) is 97.2 Å². The van der Waals surface area contributed by atoms with Crippen molar-refractivity contribution in [3.63, 3.8) is 0 Å². The second-order valence-electron chi connectivity index (χ2n) is 16.9. The van der Waals surface area contributed by atoms with Gasteiger partial charge in [0, 0.05) is 6.42 Å². The molecule has 1 amide bonds. The molecule has 1 aliphatic heterocycles. The molecule has 0 radical (unpaired) electrons. The predicted octanol–water partition coefficient (Wildman–Crippen LogP) is 11.3. The Labute approximate surface area is 383 Å². The molecule has 9 heteroatoms. The van der Waals surface area contributed by atoms with E-state index in [1.54, 1.807) is 6.08 Å². The van der Waals surface area contributed by atoms with Crippen LogP contribution in [0.5, 0.6) is 0 Å². The Morgan fingerprint density at radius 1 is 0.556 bits per heavy atom. The Balaban J connectivity index is 2.31. The highest BCUT2D eigenvalue weighted by Gasteiger charge is 2.44. The Morgan fingerprint density at radius 2 is 0.984 bits per heavy atom. The number of amides is 1. The average Bonchev–Trinajstić information content (AvgIpc) is 3.28. The Hall–Kier alpha value is -2.89. The summed E-state index contributed by atoms with van der Waals surface area (Å²) in [5.41, 5.74) is 0.